The van der Waals surface area contributed by atoms with Crippen molar-refractivity contribution < 1.29 is 24.3 Å². The van der Waals surface area contributed by atoms with Gasteiger partial charge in [-0.3, -0.25) is 24.1 Å². The summed E-state index contributed by atoms with van der Waals surface area (Å²) in [5.74, 6) is -4.17. The number of phenolic OH excluding ortho intramolecular Hbond substituents is 1. The van der Waals surface area contributed by atoms with Gasteiger partial charge in [-0.05, 0) is 61.1 Å². The molecule has 0 aromatic heterocycles. The zero-order valence-electron chi connectivity index (χ0n) is 23.6. The smallest absolute Gasteiger partial charge is 0.233 e. The summed E-state index contributed by atoms with van der Waals surface area (Å²) in [6, 6.07) is 23.2. The van der Waals surface area contributed by atoms with Crippen LogP contribution in [0.25, 0.3) is 5.57 Å². The molecule has 1 aliphatic heterocycles. The Morgan fingerprint density at radius 2 is 1.60 bits per heavy atom. The number of halogens is 1. The average molecular weight is 592 g/mol. The molecule has 0 bridgehead atoms. The maximum atomic E-state index is 14.9. The van der Waals surface area contributed by atoms with Crippen LogP contribution >= 0.6 is 11.6 Å². The van der Waals surface area contributed by atoms with E-state index in [4.69, 9.17) is 11.6 Å². The molecule has 0 spiro atoms. The van der Waals surface area contributed by atoms with Gasteiger partial charge in [0.25, 0.3) is 0 Å². The van der Waals surface area contributed by atoms with E-state index in [1.807, 2.05) is 66.7 Å². The van der Waals surface area contributed by atoms with Gasteiger partial charge < -0.3 is 5.11 Å². The Balaban J connectivity index is 1.53. The number of fused-ring (bicyclic) bond motifs is 4. The predicted molar refractivity (Wildman–Crippen MR) is 162 cm³/mol. The number of likely N-dealkylation sites (tertiary alicyclic amines) is 1. The SMILES string of the molecule is CCN1C(=O)[C@H]2[C@H](CC=C3[C@H]2C[C@H]2C(=O)C(c4ccccc4)=CC(=O)[C@@]2(c2ccccc2)[C@H]3c2cc(Cl)ccc2O)C1=O. The molecule has 0 radical (unpaired) electrons. The van der Waals surface area contributed by atoms with Crippen molar-refractivity contribution in [1.82, 2.24) is 4.90 Å². The first-order valence-corrected chi connectivity index (χ1v) is 15.1. The molecule has 6 nitrogen and oxygen atoms in total. The molecule has 1 heterocycles. The van der Waals surface area contributed by atoms with Gasteiger partial charge >= 0.3 is 0 Å². The van der Waals surface area contributed by atoms with E-state index in [0.717, 1.165) is 5.57 Å². The Morgan fingerprint density at radius 1 is 0.907 bits per heavy atom. The maximum absolute atomic E-state index is 14.9. The molecule has 0 unspecified atom stereocenters. The molecule has 2 fully saturated rings. The zero-order valence-corrected chi connectivity index (χ0v) is 24.3. The molecule has 3 aromatic carbocycles. The molecule has 43 heavy (non-hydrogen) atoms. The van der Waals surface area contributed by atoms with Crippen molar-refractivity contribution in [2.45, 2.75) is 31.1 Å². The first-order valence-electron chi connectivity index (χ1n) is 14.7. The lowest BCUT2D eigenvalue weighted by atomic mass is 9.44. The van der Waals surface area contributed by atoms with Crippen LogP contribution in [0, 0.1) is 23.7 Å². The lowest BCUT2D eigenvalue weighted by molar-refractivity contribution is -0.140. The van der Waals surface area contributed by atoms with E-state index in [0.29, 0.717) is 33.7 Å². The van der Waals surface area contributed by atoms with Crippen LogP contribution in [0.15, 0.2) is 96.6 Å². The second-order valence-corrected chi connectivity index (χ2v) is 12.3. The van der Waals surface area contributed by atoms with Gasteiger partial charge in [-0.25, -0.2) is 0 Å². The van der Waals surface area contributed by atoms with Crippen molar-refractivity contribution >= 4 is 40.6 Å². The number of hydrogen-bond acceptors (Lipinski definition) is 5. The van der Waals surface area contributed by atoms with E-state index in [9.17, 15) is 24.3 Å². The summed E-state index contributed by atoms with van der Waals surface area (Å²) in [5, 5.41) is 11.7. The minimum Gasteiger partial charge on any atom is -0.508 e. The number of nitrogens with zero attached hydrogens (tertiary/aromatic N) is 1. The second-order valence-electron chi connectivity index (χ2n) is 11.9. The van der Waals surface area contributed by atoms with Crippen LogP contribution in [0.4, 0.5) is 0 Å². The van der Waals surface area contributed by atoms with Crippen LogP contribution < -0.4 is 0 Å². The highest BCUT2D eigenvalue weighted by Gasteiger charge is 2.66. The van der Waals surface area contributed by atoms with Gasteiger partial charge in [0, 0.05) is 34.5 Å². The van der Waals surface area contributed by atoms with E-state index in [1.54, 1.807) is 19.1 Å². The molecule has 216 valence electrons. The van der Waals surface area contributed by atoms with Gasteiger partial charge in [-0.15, -0.1) is 0 Å². The number of ketones is 2. The van der Waals surface area contributed by atoms with Crippen molar-refractivity contribution in [1.29, 1.82) is 0 Å². The van der Waals surface area contributed by atoms with Gasteiger partial charge in [0.2, 0.25) is 11.8 Å². The predicted octanol–water partition coefficient (Wildman–Crippen LogP) is 5.89. The van der Waals surface area contributed by atoms with Gasteiger partial charge in [0.1, 0.15) is 5.75 Å². The number of phenols is 1. The topological polar surface area (TPSA) is 91.8 Å². The van der Waals surface area contributed by atoms with E-state index in [-0.39, 0.29) is 42.1 Å². The molecule has 4 aliphatic rings. The summed E-state index contributed by atoms with van der Waals surface area (Å²) in [6.45, 7) is 2.07. The number of amides is 2. The second kappa shape index (κ2) is 10.2. The third-order valence-corrected chi connectivity index (χ3v) is 10.3. The number of imide groups is 1. The molecule has 6 atom stereocenters. The number of aromatic hydroxyl groups is 1. The third-order valence-electron chi connectivity index (χ3n) is 10.1. The number of Topliss-reactive ketones (excluding diaryl/α,β-unsaturated/α-hetero) is 1. The summed E-state index contributed by atoms with van der Waals surface area (Å²) >= 11 is 6.52. The van der Waals surface area contributed by atoms with E-state index in [2.05, 4.69) is 0 Å². The monoisotopic (exact) mass is 591 g/mol. The van der Waals surface area contributed by atoms with E-state index < -0.39 is 35.0 Å². The summed E-state index contributed by atoms with van der Waals surface area (Å²) in [5.41, 5.74) is 1.48. The lowest BCUT2D eigenvalue weighted by Gasteiger charge is -2.55. The Hall–Kier alpha value is -4.29. The van der Waals surface area contributed by atoms with Crippen LogP contribution in [0.5, 0.6) is 5.75 Å². The normalized spacial score (nSPS) is 29.9. The summed E-state index contributed by atoms with van der Waals surface area (Å²) in [6.07, 6.45) is 4.02. The highest BCUT2D eigenvalue weighted by atomic mass is 35.5. The fourth-order valence-electron chi connectivity index (χ4n) is 8.35. The van der Waals surface area contributed by atoms with Crippen molar-refractivity contribution in [3.63, 3.8) is 0 Å². The first kappa shape index (κ1) is 27.5. The standard InChI is InChI=1S/C36H30ClNO5/c1-2-38-34(42)24-15-14-23-26(31(24)35(38)43)18-28-33(41)25(20-9-5-3-6-10-20)19-30(40)36(28,21-11-7-4-8-12-21)32(23)27-17-22(37)13-16-29(27)39/h3-14,16-17,19,24,26,28,31-32,39H,2,15,18H2,1H3/t24-,26+,28-,31-,32+,36-/m0/s1. The van der Waals surface area contributed by atoms with Crippen molar-refractivity contribution in [3.8, 4) is 5.75 Å². The zero-order chi connectivity index (χ0) is 30.0. The molecular formula is C36H30ClNO5. The summed E-state index contributed by atoms with van der Waals surface area (Å²) < 4.78 is 0. The number of benzene rings is 3. The van der Waals surface area contributed by atoms with Crippen molar-refractivity contribution in [2.75, 3.05) is 6.54 Å². The van der Waals surface area contributed by atoms with Gasteiger partial charge in [-0.1, -0.05) is 83.9 Å². The Morgan fingerprint density at radius 3 is 2.30 bits per heavy atom. The van der Waals surface area contributed by atoms with Gasteiger partial charge in [0.15, 0.2) is 11.6 Å². The molecular weight excluding hydrogens is 562 g/mol. The maximum Gasteiger partial charge on any atom is 0.233 e. The first-order chi connectivity index (χ1) is 20.8. The molecule has 1 N–H and O–H groups in total. The van der Waals surface area contributed by atoms with Crippen molar-refractivity contribution in [2.24, 2.45) is 23.7 Å². The largest absolute Gasteiger partial charge is 0.508 e. The number of carbonyl (C=O) groups excluding carboxylic acids is 4. The van der Waals surface area contributed by atoms with Gasteiger partial charge in [0.05, 0.1) is 17.3 Å². The summed E-state index contributed by atoms with van der Waals surface area (Å²) in [4.78, 5) is 58.1. The number of rotatable bonds is 4. The number of hydrogen-bond donors (Lipinski definition) is 1. The minimum atomic E-state index is -1.40. The van der Waals surface area contributed by atoms with Crippen LogP contribution in [0.3, 0.4) is 0 Å². The molecule has 7 rings (SSSR count). The number of carbonyl (C=O) groups is 4. The van der Waals surface area contributed by atoms with E-state index >= 15 is 0 Å². The Labute approximate surface area is 254 Å². The Bertz CT molecular complexity index is 1750. The number of allylic oxidation sites excluding steroid dienone is 4. The summed E-state index contributed by atoms with van der Waals surface area (Å²) in [7, 11) is 0. The minimum absolute atomic E-state index is 0.0470. The molecule has 1 saturated heterocycles. The molecule has 1 saturated carbocycles. The van der Waals surface area contributed by atoms with E-state index in [1.165, 1.54) is 17.0 Å². The van der Waals surface area contributed by atoms with Gasteiger partial charge in [-0.2, -0.15) is 0 Å². The molecule has 2 amide bonds. The molecule has 3 aromatic rings. The third kappa shape index (κ3) is 3.85. The molecule has 7 heteroatoms. The highest BCUT2D eigenvalue weighted by molar-refractivity contribution is 6.32. The van der Waals surface area contributed by atoms with Crippen LogP contribution in [-0.4, -0.2) is 39.9 Å². The molecule has 3 aliphatic carbocycles. The fraction of sp³-hybridized carbons (Fsp3) is 0.278. The highest BCUT2D eigenvalue weighted by Crippen LogP contribution is 2.64. The van der Waals surface area contributed by atoms with Crippen LogP contribution in [-0.2, 0) is 24.6 Å². The Kier molecular flexibility index (Phi) is 6.51. The quantitative estimate of drug-likeness (QED) is 0.302. The van der Waals surface area contributed by atoms with Crippen LogP contribution in [0.1, 0.15) is 42.4 Å². The van der Waals surface area contributed by atoms with Crippen LogP contribution in [0.2, 0.25) is 5.02 Å². The average Bonchev–Trinajstić information content (AvgIpc) is 3.28. The lowest BCUT2D eigenvalue weighted by Crippen LogP contribution is -2.58. The van der Waals surface area contributed by atoms with Crippen molar-refractivity contribution in [3.05, 3.63) is 118 Å². The fourth-order valence-corrected chi connectivity index (χ4v) is 8.53.